The molecule has 0 amide bonds. The Morgan fingerprint density at radius 1 is 1.50 bits per heavy atom. The molecule has 0 atom stereocenters. The Balaban J connectivity index is 2.09. The van der Waals surface area contributed by atoms with E-state index >= 15 is 0 Å². The van der Waals surface area contributed by atoms with E-state index in [1.807, 2.05) is 22.8 Å². The highest BCUT2D eigenvalue weighted by Gasteiger charge is 2.32. The number of nitriles is 1. The summed E-state index contributed by atoms with van der Waals surface area (Å²) in [5, 5.41) is 14.1. The van der Waals surface area contributed by atoms with Crippen LogP contribution in [0.2, 0.25) is 6.32 Å². The average molecular weight is 237 g/mol. The van der Waals surface area contributed by atoms with Crippen LogP contribution in [0.1, 0.15) is 25.5 Å². The van der Waals surface area contributed by atoms with Crippen LogP contribution in [0, 0.1) is 17.1 Å². The zero-order valence-corrected chi connectivity index (χ0v) is 10.6. The lowest BCUT2D eigenvalue weighted by atomic mass is 9.42. The van der Waals surface area contributed by atoms with E-state index in [0.29, 0.717) is 0 Å². The number of hydrogen-bond acceptors (Lipinski definition) is 2. The van der Waals surface area contributed by atoms with Gasteiger partial charge in [0, 0.05) is 12.2 Å². The smallest absolute Gasteiger partial charge is 0.241 e. The van der Waals surface area contributed by atoms with Gasteiger partial charge in [-0.15, -0.1) is 0 Å². The highest BCUT2D eigenvalue weighted by Crippen LogP contribution is 2.34. The molecule has 18 heavy (non-hydrogen) atoms. The van der Waals surface area contributed by atoms with Crippen molar-refractivity contribution >= 4 is 17.7 Å². The summed E-state index contributed by atoms with van der Waals surface area (Å²) in [6.07, 6.45) is 6.43. The van der Waals surface area contributed by atoms with E-state index in [0.717, 1.165) is 35.3 Å². The lowest BCUT2D eigenvalue weighted by Gasteiger charge is -2.05. The van der Waals surface area contributed by atoms with Crippen molar-refractivity contribution in [3.63, 3.8) is 0 Å². The van der Waals surface area contributed by atoms with Gasteiger partial charge < -0.3 is 0 Å². The number of aryl methyl sites for hydroxylation is 1. The van der Waals surface area contributed by atoms with Crippen molar-refractivity contribution in [2.24, 2.45) is 5.92 Å². The van der Waals surface area contributed by atoms with Gasteiger partial charge in [-0.3, -0.25) is 0 Å². The molecule has 1 aliphatic rings. The fraction of sp³-hybridized carbons (Fsp3) is 0.429. The highest BCUT2D eigenvalue weighted by molar-refractivity contribution is 6.82. The Morgan fingerprint density at radius 2 is 2.33 bits per heavy atom. The van der Waals surface area contributed by atoms with Gasteiger partial charge in [0.1, 0.15) is 0 Å². The Morgan fingerprint density at radius 3 is 3.00 bits per heavy atom. The lowest BCUT2D eigenvalue weighted by molar-refractivity contribution is 0.899. The van der Waals surface area contributed by atoms with E-state index in [2.05, 4.69) is 24.1 Å². The van der Waals surface area contributed by atoms with Crippen molar-refractivity contribution in [1.82, 2.24) is 9.61 Å². The molecule has 1 fully saturated rings. The van der Waals surface area contributed by atoms with Crippen LogP contribution < -0.4 is 5.46 Å². The molecule has 1 saturated carbocycles. The number of pyridine rings is 1. The molecule has 3 rings (SSSR count). The van der Waals surface area contributed by atoms with Crippen LogP contribution >= 0.6 is 0 Å². The standard InChI is InChI=1S/C14H16BN3/c1-2-12-14(15(10-16)9-11-6-7-11)13-5-3-4-8-18(13)17-12/h3-5,8,11H,2,6-7,9H2,1H3. The van der Waals surface area contributed by atoms with Crippen LogP contribution in [0.3, 0.4) is 0 Å². The normalized spacial score (nSPS) is 14.7. The van der Waals surface area contributed by atoms with Crippen LogP contribution in [0.4, 0.5) is 0 Å². The van der Waals surface area contributed by atoms with Crippen LogP contribution in [-0.2, 0) is 6.42 Å². The highest BCUT2D eigenvalue weighted by atomic mass is 15.2. The molecule has 0 radical (unpaired) electrons. The monoisotopic (exact) mass is 237 g/mol. The quantitative estimate of drug-likeness (QED) is 0.764. The minimum absolute atomic E-state index is 0.00681. The van der Waals surface area contributed by atoms with E-state index in [9.17, 15) is 5.26 Å². The SMILES string of the molecule is CCc1nn2ccccc2c1B(C#N)CC1CC1. The summed E-state index contributed by atoms with van der Waals surface area (Å²) in [6.45, 7) is 2.11. The molecule has 0 N–H and O–H groups in total. The van der Waals surface area contributed by atoms with Crippen LogP contribution in [-0.4, -0.2) is 16.3 Å². The van der Waals surface area contributed by atoms with Crippen molar-refractivity contribution in [2.75, 3.05) is 0 Å². The van der Waals surface area contributed by atoms with Crippen molar-refractivity contribution in [2.45, 2.75) is 32.5 Å². The second kappa shape index (κ2) is 4.49. The molecule has 0 unspecified atom stereocenters. The van der Waals surface area contributed by atoms with Crippen LogP contribution in [0.5, 0.6) is 0 Å². The first kappa shape index (κ1) is 11.3. The van der Waals surface area contributed by atoms with Crippen molar-refractivity contribution in [3.8, 4) is 5.97 Å². The predicted octanol–water partition coefficient (Wildman–Crippen LogP) is 2.07. The van der Waals surface area contributed by atoms with Gasteiger partial charge in [-0.1, -0.05) is 32.2 Å². The van der Waals surface area contributed by atoms with Gasteiger partial charge in [0.2, 0.25) is 0 Å². The second-order valence-electron chi connectivity index (χ2n) is 5.11. The molecule has 2 aromatic rings. The van der Waals surface area contributed by atoms with Gasteiger partial charge in [-0.05, 0) is 29.9 Å². The Kier molecular flexibility index (Phi) is 2.83. The third kappa shape index (κ3) is 1.90. The summed E-state index contributed by atoms with van der Waals surface area (Å²) in [5.74, 6) is 3.25. The van der Waals surface area contributed by atoms with Gasteiger partial charge in [0.05, 0.1) is 11.2 Å². The van der Waals surface area contributed by atoms with Crippen LogP contribution in [0.15, 0.2) is 24.4 Å². The number of rotatable bonds is 4. The Bertz CT molecular complexity index is 607. The molecular formula is C14H16BN3. The molecular weight excluding hydrogens is 221 g/mol. The molecule has 1 aliphatic carbocycles. The molecule has 0 spiro atoms. The van der Waals surface area contributed by atoms with Gasteiger partial charge in [0.25, 0.3) is 0 Å². The third-order valence-electron chi connectivity index (χ3n) is 3.76. The average Bonchev–Trinajstić information content (AvgIpc) is 3.15. The summed E-state index contributed by atoms with van der Waals surface area (Å²) in [4.78, 5) is 0. The number of nitrogens with zero attached hydrogens (tertiary/aromatic N) is 3. The molecule has 3 nitrogen and oxygen atoms in total. The van der Waals surface area contributed by atoms with E-state index in [1.165, 1.54) is 12.8 Å². The van der Waals surface area contributed by atoms with Crippen molar-refractivity contribution < 1.29 is 0 Å². The summed E-state index contributed by atoms with van der Waals surface area (Å²) in [6, 6.07) is 6.07. The van der Waals surface area contributed by atoms with Crippen molar-refractivity contribution in [1.29, 1.82) is 5.26 Å². The van der Waals surface area contributed by atoms with E-state index in [1.54, 1.807) is 0 Å². The third-order valence-corrected chi connectivity index (χ3v) is 3.76. The molecule has 4 heteroatoms. The zero-order chi connectivity index (χ0) is 12.5. The molecule has 2 heterocycles. The number of fused-ring (bicyclic) bond motifs is 1. The minimum Gasteiger partial charge on any atom is -0.241 e. The number of aromatic nitrogens is 2. The predicted molar refractivity (Wildman–Crippen MR) is 73.1 cm³/mol. The first-order chi connectivity index (χ1) is 8.83. The summed E-state index contributed by atoms with van der Waals surface area (Å²) >= 11 is 0. The Labute approximate surface area is 108 Å². The van der Waals surface area contributed by atoms with Gasteiger partial charge in [-0.25, -0.2) is 9.78 Å². The molecule has 90 valence electrons. The second-order valence-corrected chi connectivity index (χ2v) is 5.11. The first-order valence-corrected chi connectivity index (χ1v) is 6.69. The van der Waals surface area contributed by atoms with Crippen molar-refractivity contribution in [3.05, 3.63) is 30.1 Å². The fourth-order valence-electron chi connectivity index (χ4n) is 2.63. The van der Waals surface area contributed by atoms with Gasteiger partial charge in [0.15, 0.2) is 0 Å². The largest absolute Gasteiger partial charge is 0.304 e. The molecule has 2 aromatic heterocycles. The van der Waals surface area contributed by atoms with E-state index in [4.69, 9.17) is 0 Å². The molecule has 0 aliphatic heterocycles. The number of hydrogen-bond donors (Lipinski definition) is 0. The summed E-state index contributed by atoms with van der Waals surface area (Å²) < 4.78 is 1.91. The maximum Gasteiger partial charge on any atom is 0.304 e. The van der Waals surface area contributed by atoms with Gasteiger partial charge >= 0.3 is 6.71 Å². The lowest BCUT2D eigenvalue weighted by Crippen LogP contribution is -2.31. The van der Waals surface area contributed by atoms with E-state index in [-0.39, 0.29) is 6.71 Å². The van der Waals surface area contributed by atoms with Gasteiger partial charge in [-0.2, -0.15) is 5.10 Å². The molecule has 0 saturated heterocycles. The maximum atomic E-state index is 9.47. The fourth-order valence-corrected chi connectivity index (χ4v) is 2.63. The summed E-state index contributed by atoms with van der Waals surface area (Å²) in [7, 11) is 0. The molecule has 0 aromatic carbocycles. The Hall–Kier alpha value is -1.76. The zero-order valence-electron chi connectivity index (χ0n) is 10.6. The summed E-state index contributed by atoms with van der Waals surface area (Å²) in [5.41, 5.74) is 3.34. The maximum absolute atomic E-state index is 9.47. The van der Waals surface area contributed by atoms with Crippen LogP contribution in [0.25, 0.3) is 5.52 Å². The van der Waals surface area contributed by atoms with E-state index < -0.39 is 0 Å². The minimum atomic E-state index is 0.00681. The molecule has 0 bridgehead atoms. The first-order valence-electron chi connectivity index (χ1n) is 6.69. The topological polar surface area (TPSA) is 41.1 Å².